The van der Waals surface area contributed by atoms with Crippen molar-refractivity contribution in [3.05, 3.63) is 109 Å². The van der Waals surface area contributed by atoms with E-state index in [9.17, 15) is 14.4 Å². The Morgan fingerprint density at radius 2 is 0.470 bits per heavy atom. The first kappa shape index (κ1) is 79.1. The van der Waals surface area contributed by atoms with E-state index < -0.39 is 6.10 Å². The van der Waals surface area contributed by atoms with Gasteiger partial charge in [-0.1, -0.05) is 304 Å². The van der Waals surface area contributed by atoms with Crippen molar-refractivity contribution in [1.29, 1.82) is 0 Å². The van der Waals surface area contributed by atoms with Crippen molar-refractivity contribution in [2.45, 2.75) is 348 Å². The molecule has 6 heteroatoms. The highest BCUT2D eigenvalue weighted by molar-refractivity contribution is 5.71. The van der Waals surface area contributed by atoms with Crippen LogP contribution < -0.4 is 0 Å². The Hall–Kier alpha value is -3.93. The monoisotopic (exact) mass is 1150 g/mol. The summed E-state index contributed by atoms with van der Waals surface area (Å²) in [6, 6.07) is 0. The van der Waals surface area contributed by atoms with Crippen LogP contribution in [0.25, 0.3) is 0 Å². The molecule has 0 fully saturated rings. The summed E-state index contributed by atoms with van der Waals surface area (Å²) in [6.07, 6.45) is 96.9. The van der Waals surface area contributed by atoms with Gasteiger partial charge in [0.05, 0.1) is 0 Å². The summed E-state index contributed by atoms with van der Waals surface area (Å²) in [7, 11) is 0. The lowest BCUT2D eigenvalue weighted by atomic mass is 10.0. The summed E-state index contributed by atoms with van der Waals surface area (Å²) < 4.78 is 16.9. The van der Waals surface area contributed by atoms with Gasteiger partial charge in [0.25, 0.3) is 0 Å². The van der Waals surface area contributed by atoms with Crippen molar-refractivity contribution in [3.63, 3.8) is 0 Å². The molecule has 476 valence electrons. The number of unbranched alkanes of at least 4 members (excludes halogenated alkanes) is 35. The molecule has 0 saturated carbocycles. The van der Waals surface area contributed by atoms with Gasteiger partial charge in [-0.15, -0.1) is 0 Å². The zero-order valence-electron chi connectivity index (χ0n) is 54.7. The van der Waals surface area contributed by atoms with Gasteiger partial charge in [-0.05, 0) is 128 Å². The van der Waals surface area contributed by atoms with Crippen molar-refractivity contribution >= 4 is 17.9 Å². The Labute approximate surface area is 514 Å². The van der Waals surface area contributed by atoms with Gasteiger partial charge in [0, 0.05) is 19.3 Å². The first-order valence-corrected chi connectivity index (χ1v) is 35.4. The molecule has 1 unspecified atom stereocenters. The van der Waals surface area contributed by atoms with Crippen LogP contribution in [0.4, 0.5) is 0 Å². The summed E-state index contributed by atoms with van der Waals surface area (Å²) in [6.45, 7) is 6.48. The fourth-order valence-electron chi connectivity index (χ4n) is 9.94. The molecule has 6 nitrogen and oxygen atoms in total. The maximum atomic E-state index is 12.9. The Bertz CT molecular complexity index is 1660. The maximum absolute atomic E-state index is 12.9. The van der Waals surface area contributed by atoms with Crippen LogP contribution in [0.1, 0.15) is 342 Å². The van der Waals surface area contributed by atoms with Crippen LogP contribution in [-0.2, 0) is 28.6 Å². The van der Waals surface area contributed by atoms with Crippen molar-refractivity contribution < 1.29 is 28.6 Å². The van der Waals surface area contributed by atoms with Gasteiger partial charge < -0.3 is 14.2 Å². The number of carbonyl (C=O) groups is 3. The molecule has 0 bridgehead atoms. The second-order valence-electron chi connectivity index (χ2n) is 23.4. The van der Waals surface area contributed by atoms with Crippen LogP contribution in [0.3, 0.4) is 0 Å². The van der Waals surface area contributed by atoms with Crippen molar-refractivity contribution in [3.8, 4) is 0 Å². The van der Waals surface area contributed by atoms with E-state index in [-0.39, 0.29) is 37.5 Å². The fraction of sp³-hybridized carbons (Fsp3) is 0.727. The maximum Gasteiger partial charge on any atom is 0.306 e. The number of allylic oxidation sites excluding steroid dienone is 18. The molecule has 0 aliphatic rings. The molecular weight excluding hydrogens is 1020 g/mol. The van der Waals surface area contributed by atoms with Crippen LogP contribution in [0.5, 0.6) is 0 Å². The minimum Gasteiger partial charge on any atom is -0.462 e. The molecule has 0 heterocycles. The normalized spacial score (nSPS) is 12.8. The summed E-state index contributed by atoms with van der Waals surface area (Å²) in [5, 5.41) is 0. The zero-order chi connectivity index (χ0) is 59.9. The Morgan fingerprint density at radius 3 is 0.771 bits per heavy atom. The molecular formula is C77H132O6. The van der Waals surface area contributed by atoms with Gasteiger partial charge >= 0.3 is 17.9 Å². The first-order valence-electron chi connectivity index (χ1n) is 35.4. The molecule has 0 aromatic rings. The second kappa shape index (κ2) is 70.6. The summed E-state index contributed by atoms with van der Waals surface area (Å²) in [4.78, 5) is 38.4. The molecule has 0 saturated heterocycles. The average molecular weight is 1150 g/mol. The topological polar surface area (TPSA) is 78.9 Å². The molecule has 0 radical (unpaired) electrons. The van der Waals surface area contributed by atoms with E-state index in [2.05, 4.69) is 130 Å². The predicted octanol–water partition coefficient (Wildman–Crippen LogP) is 24.6. The van der Waals surface area contributed by atoms with E-state index in [4.69, 9.17) is 14.2 Å². The largest absolute Gasteiger partial charge is 0.462 e. The molecule has 0 aliphatic heterocycles. The van der Waals surface area contributed by atoms with Gasteiger partial charge in [-0.2, -0.15) is 0 Å². The third-order valence-corrected chi connectivity index (χ3v) is 15.2. The van der Waals surface area contributed by atoms with Gasteiger partial charge in [-0.3, -0.25) is 14.4 Å². The molecule has 83 heavy (non-hydrogen) atoms. The van der Waals surface area contributed by atoms with Gasteiger partial charge in [0.1, 0.15) is 13.2 Å². The fourth-order valence-corrected chi connectivity index (χ4v) is 9.94. The van der Waals surface area contributed by atoms with Gasteiger partial charge in [-0.25, -0.2) is 0 Å². The number of hydrogen-bond acceptors (Lipinski definition) is 6. The standard InChI is InChI=1S/C77H132O6/c1-4-7-10-13-16-19-22-25-28-30-32-33-34-35-36-37-38-39-40-41-42-43-45-46-49-52-55-58-61-64-67-70-76(79)82-73-74(72-81-75(78)69-66-63-60-57-54-51-48-27-24-21-18-15-12-9-6-3)83-77(80)71-68-65-62-59-56-53-50-47-44-31-29-26-23-20-17-14-11-8-5-2/h8,11,17-18,20-22,25-27,29-30,32,44,47-48,53,56,74H,4-7,9-10,12-16,19,23-24,28,31,33-43,45-46,49-52,54-55,57-73H2,1-3H3/b11-8-,20-17-,21-18-,25-22-,29-26-,32-30-,47-44-,48-27-,56-53-. The van der Waals surface area contributed by atoms with Crippen LogP contribution in [0.2, 0.25) is 0 Å². The quantitative estimate of drug-likeness (QED) is 0.0261. The van der Waals surface area contributed by atoms with E-state index in [0.29, 0.717) is 12.8 Å². The van der Waals surface area contributed by atoms with E-state index in [1.807, 2.05) is 0 Å². The van der Waals surface area contributed by atoms with Gasteiger partial charge in [0.2, 0.25) is 0 Å². The lowest BCUT2D eigenvalue weighted by Crippen LogP contribution is -2.30. The third-order valence-electron chi connectivity index (χ3n) is 15.2. The first-order chi connectivity index (χ1) is 41.0. The Balaban J connectivity index is 4.28. The highest BCUT2D eigenvalue weighted by Gasteiger charge is 2.19. The number of ether oxygens (including phenoxy) is 3. The number of hydrogen-bond donors (Lipinski definition) is 0. The van der Waals surface area contributed by atoms with Crippen LogP contribution in [0, 0.1) is 0 Å². The van der Waals surface area contributed by atoms with Crippen molar-refractivity contribution in [2.24, 2.45) is 0 Å². The summed E-state index contributed by atoms with van der Waals surface area (Å²) in [5.74, 6) is -0.930. The minimum atomic E-state index is -0.804. The number of esters is 3. The highest BCUT2D eigenvalue weighted by atomic mass is 16.6. The lowest BCUT2D eigenvalue weighted by Gasteiger charge is -2.18. The van der Waals surface area contributed by atoms with E-state index in [0.717, 1.165) is 128 Å². The SMILES string of the molecule is CC/C=C\C/C=C\C/C=C\C/C=C\C/C=C\CCCCCC(=O)OC(COC(=O)CCCCCCC/C=C\C/C=C\CCCCC)COC(=O)CCCCCCCCCCCCCCCCCCCCC/C=C\C/C=C\CCCCCCC. The van der Waals surface area contributed by atoms with E-state index in [1.165, 1.54) is 173 Å². The average Bonchev–Trinajstić information content (AvgIpc) is 3.49. The van der Waals surface area contributed by atoms with Crippen LogP contribution >= 0.6 is 0 Å². The highest BCUT2D eigenvalue weighted by Crippen LogP contribution is 2.17. The van der Waals surface area contributed by atoms with Crippen LogP contribution in [-0.4, -0.2) is 37.2 Å². The number of carbonyl (C=O) groups excluding carboxylic acids is 3. The molecule has 0 amide bonds. The predicted molar refractivity (Wildman–Crippen MR) is 362 cm³/mol. The molecule has 0 aliphatic carbocycles. The van der Waals surface area contributed by atoms with Gasteiger partial charge in [0.15, 0.2) is 6.10 Å². The summed E-state index contributed by atoms with van der Waals surface area (Å²) >= 11 is 0. The molecule has 1 atom stereocenters. The number of rotatable bonds is 64. The lowest BCUT2D eigenvalue weighted by molar-refractivity contribution is -0.167. The molecule has 0 rings (SSSR count). The van der Waals surface area contributed by atoms with Crippen molar-refractivity contribution in [1.82, 2.24) is 0 Å². The Morgan fingerprint density at radius 1 is 0.253 bits per heavy atom. The van der Waals surface area contributed by atoms with Crippen molar-refractivity contribution in [2.75, 3.05) is 13.2 Å². The molecule has 0 N–H and O–H groups in total. The minimum absolute atomic E-state index is 0.0948. The second-order valence-corrected chi connectivity index (χ2v) is 23.4. The summed E-state index contributed by atoms with van der Waals surface area (Å²) in [5.41, 5.74) is 0. The third kappa shape index (κ3) is 68.7. The zero-order valence-corrected chi connectivity index (χ0v) is 54.7. The molecule has 0 spiro atoms. The van der Waals surface area contributed by atoms with E-state index >= 15 is 0 Å². The molecule has 0 aromatic heterocycles. The molecule has 0 aromatic carbocycles. The Kier molecular flexibility index (Phi) is 67.2. The van der Waals surface area contributed by atoms with E-state index in [1.54, 1.807) is 0 Å². The van der Waals surface area contributed by atoms with Crippen LogP contribution in [0.15, 0.2) is 109 Å². The smallest absolute Gasteiger partial charge is 0.306 e.